The standard InChI is InChI=1S/C21H34FNO4S/c1-5-19(23-28(24,25)12-6-11-26-15-21(2,3)4)17-9-10-18(22)20(13-17)27-14-16-7-8-16/h9-10,13,16,19,23H,5-8,11-12,14-15H2,1-4H3/t19-/m1/s1. The summed E-state index contributed by atoms with van der Waals surface area (Å²) >= 11 is 0. The first kappa shape index (κ1) is 23.1. The number of sulfonamides is 1. The highest BCUT2D eigenvalue weighted by molar-refractivity contribution is 7.89. The molecule has 5 nitrogen and oxygen atoms in total. The summed E-state index contributed by atoms with van der Waals surface area (Å²) in [6.45, 7) is 9.63. The fourth-order valence-corrected chi connectivity index (χ4v) is 4.08. The number of nitrogens with one attached hydrogen (secondary N) is 1. The molecule has 1 aromatic rings. The van der Waals surface area contributed by atoms with Crippen LogP contribution in [0.2, 0.25) is 0 Å². The smallest absolute Gasteiger partial charge is 0.212 e. The van der Waals surface area contributed by atoms with E-state index >= 15 is 0 Å². The van der Waals surface area contributed by atoms with E-state index in [9.17, 15) is 12.8 Å². The van der Waals surface area contributed by atoms with E-state index in [4.69, 9.17) is 9.47 Å². The van der Waals surface area contributed by atoms with Crippen LogP contribution < -0.4 is 9.46 Å². The molecule has 0 saturated heterocycles. The van der Waals surface area contributed by atoms with Gasteiger partial charge < -0.3 is 9.47 Å². The maximum Gasteiger partial charge on any atom is 0.212 e. The van der Waals surface area contributed by atoms with Crippen LogP contribution in [0.15, 0.2) is 18.2 Å². The molecule has 2 rings (SSSR count). The number of hydrogen-bond donors (Lipinski definition) is 1. The maximum atomic E-state index is 14.0. The number of ether oxygens (including phenoxy) is 2. The van der Waals surface area contributed by atoms with Gasteiger partial charge in [0, 0.05) is 12.6 Å². The minimum atomic E-state index is -3.46. The molecule has 0 radical (unpaired) electrons. The fraction of sp³-hybridized carbons (Fsp3) is 0.714. The second kappa shape index (κ2) is 10.0. The largest absolute Gasteiger partial charge is 0.490 e. The van der Waals surface area contributed by atoms with Gasteiger partial charge >= 0.3 is 0 Å². The third-order valence-corrected chi connectivity index (χ3v) is 5.97. The van der Waals surface area contributed by atoms with Crippen LogP contribution >= 0.6 is 0 Å². The normalized spacial score (nSPS) is 16.2. The van der Waals surface area contributed by atoms with Crippen LogP contribution in [0, 0.1) is 17.2 Å². The van der Waals surface area contributed by atoms with E-state index in [1.165, 1.54) is 6.07 Å². The molecule has 7 heteroatoms. The molecule has 0 amide bonds. The molecule has 0 heterocycles. The summed E-state index contributed by atoms with van der Waals surface area (Å²) in [5.41, 5.74) is 0.772. The predicted octanol–water partition coefficient (Wildman–Crippen LogP) is 4.44. The Bertz CT molecular complexity index is 726. The van der Waals surface area contributed by atoms with Crippen molar-refractivity contribution in [2.45, 2.75) is 59.4 Å². The van der Waals surface area contributed by atoms with Crippen LogP contribution in [0.3, 0.4) is 0 Å². The number of hydrogen-bond acceptors (Lipinski definition) is 4. The highest BCUT2D eigenvalue weighted by Gasteiger charge is 2.23. The molecule has 0 aliphatic heterocycles. The Morgan fingerprint density at radius 1 is 1.29 bits per heavy atom. The van der Waals surface area contributed by atoms with Crippen molar-refractivity contribution in [2.24, 2.45) is 11.3 Å². The van der Waals surface area contributed by atoms with Gasteiger partial charge in [0.25, 0.3) is 0 Å². The average Bonchev–Trinajstić information content (AvgIpc) is 3.42. The Morgan fingerprint density at radius 3 is 2.61 bits per heavy atom. The van der Waals surface area contributed by atoms with Crippen LogP contribution in [-0.2, 0) is 14.8 Å². The summed E-state index contributed by atoms with van der Waals surface area (Å²) in [4.78, 5) is 0. The molecule has 1 N–H and O–H groups in total. The molecule has 1 saturated carbocycles. The van der Waals surface area contributed by atoms with E-state index in [-0.39, 0.29) is 16.9 Å². The summed E-state index contributed by atoms with van der Waals surface area (Å²) < 4.78 is 52.7. The Kier molecular flexibility index (Phi) is 8.28. The van der Waals surface area contributed by atoms with Crippen molar-refractivity contribution in [3.8, 4) is 5.75 Å². The first-order valence-electron chi connectivity index (χ1n) is 10.1. The van der Waals surface area contributed by atoms with Gasteiger partial charge in [0.05, 0.1) is 19.0 Å². The molecule has 1 aliphatic carbocycles. The first-order valence-corrected chi connectivity index (χ1v) is 11.7. The van der Waals surface area contributed by atoms with Crippen LogP contribution in [0.1, 0.15) is 65.0 Å². The lowest BCUT2D eigenvalue weighted by molar-refractivity contribution is 0.0720. The van der Waals surface area contributed by atoms with E-state index in [1.807, 2.05) is 6.92 Å². The third-order valence-electron chi connectivity index (χ3n) is 4.50. The van der Waals surface area contributed by atoms with E-state index in [1.54, 1.807) is 12.1 Å². The average molecular weight is 416 g/mol. The summed E-state index contributed by atoms with van der Waals surface area (Å²) in [5, 5.41) is 0. The maximum absolute atomic E-state index is 14.0. The zero-order chi connectivity index (χ0) is 20.8. The molecule has 0 unspecified atom stereocenters. The monoisotopic (exact) mass is 415 g/mol. The first-order chi connectivity index (χ1) is 13.1. The lowest BCUT2D eigenvalue weighted by Gasteiger charge is -2.20. The molecule has 0 bridgehead atoms. The summed E-state index contributed by atoms with van der Waals surface area (Å²) in [6, 6.07) is 4.15. The Morgan fingerprint density at radius 2 is 2.00 bits per heavy atom. The summed E-state index contributed by atoms with van der Waals surface area (Å²) in [5.74, 6) is 0.291. The molecule has 0 spiro atoms. The number of halogens is 1. The quantitative estimate of drug-likeness (QED) is 0.513. The van der Waals surface area contributed by atoms with Gasteiger partial charge in [0.15, 0.2) is 11.6 Å². The Hall–Kier alpha value is -1.18. The molecule has 1 atom stereocenters. The molecular formula is C21H34FNO4S. The Labute approximate surface area is 169 Å². The lowest BCUT2D eigenvalue weighted by Crippen LogP contribution is -2.31. The van der Waals surface area contributed by atoms with Crippen LogP contribution in [-0.4, -0.2) is 34.0 Å². The van der Waals surface area contributed by atoms with Crippen molar-refractivity contribution in [3.05, 3.63) is 29.6 Å². The van der Waals surface area contributed by atoms with Gasteiger partial charge in [-0.1, -0.05) is 33.8 Å². The topological polar surface area (TPSA) is 64.6 Å². The van der Waals surface area contributed by atoms with Crippen LogP contribution in [0.25, 0.3) is 0 Å². The van der Waals surface area contributed by atoms with Crippen molar-refractivity contribution in [3.63, 3.8) is 0 Å². The van der Waals surface area contributed by atoms with Crippen LogP contribution in [0.5, 0.6) is 5.75 Å². The highest BCUT2D eigenvalue weighted by Crippen LogP contribution is 2.31. The molecule has 1 fully saturated rings. The molecule has 0 aromatic heterocycles. The number of rotatable bonds is 12. The fourth-order valence-electron chi connectivity index (χ4n) is 2.73. The van der Waals surface area contributed by atoms with E-state index < -0.39 is 21.9 Å². The second-order valence-corrected chi connectivity index (χ2v) is 10.7. The minimum Gasteiger partial charge on any atom is -0.490 e. The summed E-state index contributed by atoms with van der Waals surface area (Å²) in [6.07, 6.45) is 3.24. The van der Waals surface area contributed by atoms with E-state index in [0.29, 0.717) is 44.1 Å². The minimum absolute atomic E-state index is 0.000124. The lowest BCUT2D eigenvalue weighted by atomic mass is 9.99. The zero-order valence-corrected chi connectivity index (χ0v) is 18.3. The van der Waals surface area contributed by atoms with Gasteiger partial charge in [-0.05, 0) is 54.7 Å². The van der Waals surface area contributed by atoms with Gasteiger partial charge in [-0.15, -0.1) is 0 Å². The van der Waals surface area contributed by atoms with Gasteiger partial charge in [-0.2, -0.15) is 0 Å². The second-order valence-electron chi connectivity index (χ2n) is 8.81. The molecule has 28 heavy (non-hydrogen) atoms. The van der Waals surface area contributed by atoms with Crippen LogP contribution in [0.4, 0.5) is 4.39 Å². The summed E-state index contributed by atoms with van der Waals surface area (Å²) in [7, 11) is -3.46. The van der Waals surface area contributed by atoms with Crippen molar-refractivity contribution in [2.75, 3.05) is 25.6 Å². The van der Waals surface area contributed by atoms with E-state index in [2.05, 4.69) is 25.5 Å². The van der Waals surface area contributed by atoms with Crippen molar-refractivity contribution >= 4 is 10.0 Å². The molecular weight excluding hydrogens is 381 g/mol. The number of benzene rings is 1. The van der Waals surface area contributed by atoms with Gasteiger partial charge in [0.1, 0.15) is 0 Å². The van der Waals surface area contributed by atoms with Gasteiger partial charge in [-0.3, -0.25) is 0 Å². The van der Waals surface area contributed by atoms with Gasteiger partial charge in [-0.25, -0.2) is 17.5 Å². The zero-order valence-electron chi connectivity index (χ0n) is 17.5. The van der Waals surface area contributed by atoms with Crippen molar-refractivity contribution in [1.82, 2.24) is 4.72 Å². The third kappa shape index (κ3) is 8.45. The predicted molar refractivity (Wildman–Crippen MR) is 109 cm³/mol. The van der Waals surface area contributed by atoms with Crippen molar-refractivity contribution in [1.29, 1.82) is 0 Å². The molecule has 1 aromatic carbocycles. The SMILES string of the molecule is CC[C@@H](NS(=O)(=O)CCCOCC(C)(C)C)c1ccc(F)c(OCC2CC2)c1. The highest BCUT2D eigenvalue weighted by atomic mass is 32.2. The molecule has 160 valence electrons. The Balaban J connectivity index is 1.89. The van der Waals surface area contributed by atoms with Crippen molar-refractivity contribution < 1.29 is 22.3 Å². The van der Waals surface area contributed by atoms with Gasteiger partial charge in [0.2, 0.25) is 10.0 Å². The van der Waals surface area contributed by atoms with E-state index in [0.717, 1.165) is 12.8 Å². The molecule has 1 aliphatic rings.